The lowest BCUT2D eigenvalue weighted by Crippen LogP contribution is -2.35. The molecule has 0 unspecified atom stereocenters. The number of aromatic nitrogens is 2. The van der Waals surface area contributed by atoms with Crippen LogP contribution in [0.5, 0.6) is 5.75 Å². The van der Waals surface area contributed by atoms with E-state index in [2.05, 4.69) is 35.8 Å². The summed E-state index contributed by atoms with van der Waals surface area (Å²) >= 11 is 0. The molecule has 0 amide bonds. The highest BCUT2D eigenvalue weighted by molar-refractivity contribution is 5.47. The molecular formula is C15H19F2N3O. The Morgan fingerprint density at radius 3 is 2.67 bits per heavy atom. The molecule has 0 atom stereocenters. The second-order valence-corrected chi connectivity index (χ2v) is 5.70. The van der Waals surface area contributed by atoms with Crippen LogP contribution in [0.15, 0.2) is 36.8 Å². The number of halogens is 2. The van der Waals surface area contributed by atoms with Crippen LogP contribution in [-0.4, -0.2) is 21.7 Å². The van der Waals surface area contributed by atoms with Gasteiger partial charge in [-0.2, -0.15) is 8.78 Å². The molecule has 0 aliphatic heterocycles. The van der Waals surface area contributed by atoms with E-state index in [9.17, 15) is 8.78 Å². The summed E-state index contributed by atoms with van der Waals surface area (Å²) in [5.74, 6) is 0.127. The first-order chi connectivity index (χ1) is 9.87. The summed E-state index contributed by atoms with van der Waals surface area (Å²) in [6.07, 6.45) is 3.30. The molecule has 0 bridgehead atoms. The van der Waals surface area contributed by atoms with Crippen LogP contribution in [0.1, 0.15) is 26.5 Å². The van der Waals surface area contributed by atoms with Crippen LogP contribution in [0.2, 0.25) is 0 Å². The molecule has 1 heterocycles. The Morgan fingerprint density at radius 1 is 1.29 bits per heavy atom. The summed E-state index contributed by atoms with van der Waals surface area (Å²) in [5, 5.41) is 3.34. The van der Waals surface area contributed by atoms with Gasteiger partial charge in [0, 0.05) is 18.3 Å². The van der Waals surface area contributed by atoms with Gasteiger partial charge in [-0.1, -0.05) is 12.1 Å². The maximum Gasteiger partial charge on any atom is 0.387 e. The van der Waals surface area contributed by atoms with Crippen molar-refractivity contribution in [2.75, 3.05) is 0 Å². The second kappa shape index (κ2) is 6.22. The average molecular weight is 295 g/mol. The number of nitrogens with one attached hydrogen (secondary N) is 1. The molecule has 1 aromatic heterocycles. The van der Waals surface area contributed by atoms with Gasteiger partial charge in [0.05, 0.1) is 17.7 Å². The maximum atomic E-state index is 12.5. The Morgan fingerprint density at radius 2 is 2.00 bits per heavy atom. The fourth-order valence-corrected chi connectivity index (χ4v) is 1.88. The van der Waals surface area contributed by atoms with Gasteiger partial charge >= 0.3 is 6.61 Å². The fourth-order valence-electron chi connectivity index (χ4n) is 1.88. The molecular weight excluding hydrogens is 276 g/mol. The molecule has 0 spiro atoms. The number of benzene rings is 1. The Hall–Kier alpha value is -1.95. The summed E-state index contributed by atoms with van der Waals surface area (Å²) in [4.78, 5) is 4.10. The van der Waals surface area contributed by atoms with Crippen LogP contribution in [0, 0.1) is 0 Å². The van der Waals surface area contributed by atoms with Crippen LogP contribution in [0.25, 0.3) is 5.69 Å². The van der Waals surface area contributed by atoms with Gasteiger partial charge in [0.1, 0.15) is 5.75 Å². The fraction of sp³-hybridized carbons (Fsp3) is 0.400. The Labute approximate surface area is 122 Å². The predicted octanol–water partition coefficient (Wildman–Crippen LogP) is 3.36. The molecule has 2 rings (SSSR count). The van der Waals surface area contributed by atoms with E-state index >= 15 is 0 Å². The minimum atomic E-state index is -2.86. The molecule has 0 fully saturated rings. The van der Waals surface area contributed by atoms with Crippen molar-refractivity contribution in [3.63, 3.8) is 0 Å². The average Bonchev–Trinajstić information content (AvgIpc) is 2.83. The van der Waals surface area contributed by atoms with Crippen molar-refractivity contribution < 1.29 is 13.5 Å². The predicted molar refractivity (Wildman–Crippen MR) is 76.8 cm³/mol. The highest BCUT2D eigenvalue weighted by Gasteiger charge is 2.15. The number of para-hydroxylation sites is 2. The number of ether oxygens (including phenoxy) is 1. The van der Waals surface area contributed by atoms with Crippen LogP contribution in [-0.2, 0) is 6.54 Å². The number of rotatable bonds is 5. The SMILES string of the molecule is CC(C)(C)NCc1cncn1-c1ccccc1OC(F)F. The van der Waals surface area contributed by atoms with Gasteiger partial charge in [-0.25, -0.2) is 4.98 Å². The Bertz CT molecular complexity index is 591. The summed E-state index contributed by atoms with van der Waals surface area (Å²) in [6.45, 7) is 3.89. The smallest absolute Gasteiger partial charge is 0.387 e. The van der Waals surface area contributed by atoms with Crippen molar-refractivity contribution in [1.82, 2.24) is 14.9 Å². The Kier molecular flexibility index (Phi) is 4.57. The summed E-state index contributed by atoms with van der Waals surface area (Å²) in [6, 6.07) is 6.67. The highest BCUT2D eigenvalue weighted by atomic mass is 19.3. The first-order valence-corrected chi connectivity index (χ1v) is 6.67. The normalized spacial score (nSPS) is 11.9. The minimum absolute atomic E-state index is 0.0475. The summed E-state index contributed by atoms with van der Waals surface area (Å²) in [7, 11) is 0. The summed E-state index contributed by atoms with van der Waals surface area (Å²) in [5.41, 5.74) is 1.37. The molecule has 2 aromatic rings. The lowest BCUT2D eigenvalue weighted by Gasteiger charge is -2.21. The largest absolute Gasteiger partial charge is 0.433 e. The molecule has 114 valence electrons. The van der Waals surface area contributed by atoms with Gasteiger partial charge < -0.3 is 10.1 Å². The van der Waals surface area contributed by atoms with E-state index in [1.54, 1.807) is 35.3 Å². The van der Waals surface area contributed by atoms with Crippen molar-refractivity contribution in [2.45, 2.75) is 39.5 Å². The number of hydrogen-bond acceptors (Lipinski definition) is 3. The molecule has 0 aliphatic rings. The van der Waals surface area contributed by atoms with E-state index in [1.165, 1.54) is 6.07 Å². The van der Waals surface area contributed by atoms with Gasteiger partial charge in [0.2, 0.25) is 0 Å². The van der Waals surface area contributed by atoms with E-state index in [-0.39, 0.29) is 11.3 Å². The third-order valence-electron chi connectivity index (χ3n) is 2.86. The molecule has 0 radical (unpaired) electrons. The van der Waals surface area contributed by atoms with Gasteiger partial charge in [0.15, 0.2) is 0 Å². The monoisotopic (exact) mass is 295 g/mol. The quantitative estimate of drug-likeness (QED) is 0.919. The third-order valence-corrected chi connectivity index (χ3v) is 2.86. The van der Waals surface area contributed by atoms with Gasteiger partial charge in [-0.3, -0.25) is 4.57 Å². The molecule has 0 saturated heterocycles. The van der Waals surface area contributed by atoms with E-state index in [0.717, 1.165) is 5.69 Å². The molecule has 1 N–H and O–H groups in total. The van der Waals surface area contributed by atoms with Crippen LogP contribution in [0.3, 0.4) is 0 Å². The highest BCUT2D eigenvalue weighted by Crippen LogP contribution is 2.25. The molecule has 6 heteroatoms. The van der Waals surface area contributed by atoms with Crippen molar-refractivity contribution in [2.24, 2.45) is 0 Å². The number of hydrogen-bond donors (Lipinski definition) is 1. The zero-order chi connectivity index (χ0) is 15.5. The topological polar surface area (TPSA) is 39.1 Å². The lowest BCUT2D eigenvalue weighted by atomic mass is 10.1. The zero-order valence-corrected chi connectivity index (χ0v) is 12.3. The maximum absolute atomic E-state index is 12.5. The first kappa shape index (κ1) is 15.4. The van der Waals surface area contributed by atoms with Crippen molar-refractivity contribution >= 4 is 0 Å². The molecule has 1 aromatic carbocycles. The summed E-state index contributed by atoms with van der Waals surface area (Å²) < 4.78 is 31.3. The second-order valence-electron chi connectivity index (χ2n) is 5.70. The molecule has 0 aliphatic carbocycles. The number of alkyl halides is 2. The van der Waals surface area contributed by atoms with E-state index < -0.39 is 6.61 Å². The zero-order valence-electron chi connectivity index (χ0n) is 12.3. The van der Waals surface area contributed by atoms with Crippen molar-refractivity contribution in [1.29, 1.82) is 0 Å². The van der Waals surface area contributed by atoms with E-state index in [1.807, 2.05) is 0 Å². The van der Waals surface area contributed by atoms with E-state index in [4.69, 9.17) is 0 Å². The van der Waals surface area contributed by atoms with Gasteiger partial charge in [-0.05, 0) is 32.9 Å². The van der Waals surface area contributed by atoms with Crippen molar-refractivity contribution in [3.05, 3.63) is 42.5 Å². The van der Waals surface area contributed by atoms with Gasteiger partial charge in [0.25, 0.3) is 0 Å². The minimum Gasteiger partial charge on any atom is -0.433 e. The van der Waals surface area contributed by atoms with Gasteiger partial charge in [-0.15, -0.1) is 0 Å². The molecule has 0 saturated carbocycles. The first-order valence-electron chi connectivity index (χ1n) is 6.67. The standard InChI is InChI=1S/C15H19F2N3O/c1-15(2,3)19-9-11-8-18-10-20(11)12-6-4-5-7-13(12)21-14(16)17/h4-8,10,14,19H,9H2,1-3H3. The number of nitrogens with zero attached hydrogens (tertiary/aromatic N) is 2. The number of imidazole rings is 1. The van der Waals surface area contributed by atoms with Crippen LogP contribution < -0.4 is 10.1 Å². The Balaban J connectivity index is 2.29. The van der Waals surface area contributed by atoms with Crippen LogP contribution in [0.4, 0.5) is 8.78 Å². The van der Waals surface area contributed by atoms with Crippen molar-refractivity contribution in [3.8, 4) is 11.4 Å². The molecule has 21 heavy (non-hydrogen) atoms. The molecule has 4 nitrogen and oxygen atoms in total. The van der Waals surface area contributed by atoms with Crippen LogP contribution >= 0.6 is 0 Å². The third kappa shape index (κ3) is 4.26. The van der Waals surface area contributed by atoms with E-state index in [0.29, 0.717) is 12.2 Å². The lowest BCUT2D eigenvalue weighted by molar-refractivity contribution is -0.0498.